The zero-order valence-corrected chi connectivity index (χ0v) is 12.4. The van der Waals surface area contributed by atoms with E-state index in [1.54, 1.807) is 6.07 Å². The van der Waals surface area contributed by atoms with E-state index in [1.165, 1.54) is 17.1 Å². The van der Waals surface area contributed by atoms with E-state index < -0.39 is 39.0 Å². The number of fused-ring (bicyclic) bond motifs is 1. The Morgan fingerprint density at radius 2 is 2.13 bits per heavy atom. The zero-order chi connectivity index (χ0) is 16.8. The van der Waals surface area contributed by atoms with Crippen LogP contribution in [0.15, 0.2) is 18.6 Å². The monoisotopic (exact) mass is 344 g/mol. The minimum Gasteiger partial charge on any atom is -0.790 e. The first-order chi connectivity index (χ1) is 10.8. The Hall–Kier alpha value is -1.59. The van der Waals surface area contributed by atoms with Crippen molar-refractivity contribution in [3.63, 3.8) is 0 Å². The quantitative estimate of drug-likeness (QED) is 0.501. The molecule has 3 rings (SSSR count). The predicted octanol–water partition coefficient (Wildman–Crippen LogP) is -2.52. The van der Waals surface area contributed by atoms with Gasteiger partial charge in [0, 0.05) is 6.20 Å². The average Bonchev–Trinajstić information content (AvgIpc) is 3.01. The Balaban J connectivity index is 1.85. The number of anilines is 1. The fourth-order valence-electron chi connectivity index (χ4n) is 2.46. The van der Waals surface area contributed by atoms with Gasteiger partial charge < -0.3 is 44.1 Å². The van der Waals surface area contributed by atoms with Crippen LogP contribution in [0.3, 0.4) is 0 Å². The van der Waals surface area contributed by atoms with Gasteiger partial charge in [0.2, 0.25) is 0 Å². The number of aliphatic hydroxyl groups excluding tert-OH is 2. The van der Waals surface area contributed by atoms with E-state index in [4.69, 9.17) is 10.5 Å². The lowest BCUT2D eigenvalue weighted by molar-refractivity contribution is -0.343. The molecule has 0 bridgehead atoms. The van der Waals surface area contributed by atoms with E-state index in [1.807, 2.05) is 0 Å². The molecule has 4 atom stereocenters. The summed E-state index contributed by atoms with van der Waals surface area (Å²) in [6, 6.07) is 1.61. The standard InChI is InChI=1S/C11H15N4O7P/c12-9-5-1-2-15(10(5)14-4-13-9)11-8(17)7(16)6(22-11)3-21-23(18,19)20/h1-2,4,6-8,11,16-17H,3H2,(H2,12,13,14)(H2,18,19,20)/p-2/t6-,7-,8-,11-/m1/s1. The molecule has 0 amide bonds. The normalized spacial score (nSPS) is 28.5. The van der Waals surface area contributed by atoms with Crippen molar-refractivity contribution in [3.8, 4) is 0 Å². The molecule has 2 aromatic rings. The van der Waals surface area contributed by atoms with Crippen LogP contribution in [-0.2, 0) is 13.8 Å². The van der Waals surface area contributed by atoms with Crippen LogP contribution in [0, 0.1) is 0 Å². The van der Waals surface area contributed by atoms with Crippen molar-refractivity contribution < 1.29 is 33.8 Å². The maximum Gasteiger partial charge on any atom is 0.164 e. The highest BCUT2D eigenvalue weighted by molar-refractivity contribution is 7.43. The third-order valence-electron chi connectivity index (χ3n) is 3.55. The summed E-state index contributed by atoms with van der Waals surface area (Å²) in [4.78, 5) is 28.9. The zero-order valence-electron chi connectivity index (χ0n) is 11.6. The molecule has 1 saturated heterocycles. The number of nitrogens with zero attached hydrogens (tertiary/aromatic N) is 3. The molecular formula is C11H13N4O7P-2. The van der Waals surface area contributed by atoms with Crippen molar-refractivity contribution in [2.45, 2.75) is 24.5 Å². The Morgan fingerprint density at radius 3 is 2.83 bits per heavy atom. The van der Waals surface area contributed by atoms with E-state index in [0.717, 1.165) is 0 Å². The van der Waals surface area contributed by atoms with Gasteiger partial charge in [-0.1, -0.05) is 0 Å². The summed E-state index contributed by atoms with van der Waals surface area (Å²) < 4.78 is 21.4. The fraction of sp³-hybridized carbons (Fsp3) is 0.455. The second kappa shape index (κ2) is 5.80. The Labute approximate surface area is 129 Å². The lowest BCUT2D eigenvalue weighted by Gasteiger charge is -2.30. The highest BCUT2D eigenvalue weighted by atomic mass is 31.2. The molecule has 1 aliphatic rings. The van der Waals surface area contributed by atoms with Crippen LogP contribution in [0.1, 0.15) is 6.23 Å². The summed E-state index contributed by atoms with van der Waals surface area (Å²) in [5.74, 6) is 0.236. The maximum absolute atomic E-state index is 10.5. The number of phosphoric ester groups is 1. The molecule has 3 heterocycles. The minimum absolute atomic E-state index is 0.236. The molecule has 11 nitrogen and oxygen atoms in total. The number of hydrogen-bond donors (Lipinski definition) is 3. The largest absolute Gasteiger partial charge is 0.790 e. The third-order valence-corrected chi connectivity index (χ3v) is 4.01. The summed E-state index contributed by atoms with van der Waals surface area (Å²) >= 11 is 0. The minimum atomic E-state index is -5.21. The van der Waals surface area contributed by atoms with Gasteiger partial charge in [-0.3, -0.25) is 0 Å². The number of aromatic nitrogens is 3. The lowest BCUT2D eigenvalue weighted by atomic mass is 10.1. The Morgan fingerprint density at radius 1 is 1.39 bits per heavy atom. The molecule has 0 saturated carbocycles. The summed E-state index contributed by atoms with van der Waals surface area (Å²) in [6.45, 7) is -0.699. The van der Waals surface area contributed by atoms with Gasteiger partial charge >= 0.3 is 0 Å². The molecule has 1 fully saturated rings. The Kier molecular flexibility index (Phi) is 4.10. The molecule has 126 valence electrons. The molecule has 12 heteroatoms. The molecule has 0 spiro atoms. The average molecular weight is 344 g/mol. The van der Waals surface area contributed by atoms with Crippen LogP contribution in [0.25, 0.3) is 11.0 Å². The lowest BCUT2D eigenvalue weighted by Crippen LogP contribution is -2.34. The van der Waals surface area contributed by atoms with Crippen molar-refractivity contribution in [2.75, 3.05) is 12.3 Å². The predicted molar refractivity (Wildman–Crippen MR) is 71.4 cm³/mol. The van der Waals surface area contributed by atoms with Gasteiger partial charge in [0.15, 0.2) is 6.23 Å². The first kappa shape index (κ1) is 16.3. The molecule has 0 radical (unpaired) electrons. The van der Waals surface area contributed by atoms with Gasteiger partial charge in [0.1, 0.15) is 36.1 Å². The van der Waals surface area contributed by atoms with E-state index >= 15 is 0 Å². The summed E-state index contributed by atoms with van der Waals surface area (Å²) in [5, 5.41) is 20.6. The van der Waals surface area contributed by atoms with Crippen molar-refractivity contribution >= 4 is 24.7 Å². The van der Waals surface area contributed by atoms with Crippen molar-refractivity contribution in [1.82, 2.24) is 14.5 Å². The first-order valence-corrected chi connectivity index (χ1v) is 7.99. The number of nitrogens with two attached hydrogens (primary N) is 1. The van der Waals surface area contributed by atoms with Crippen LogP contribution in [0.2, 0.25) is 0 Å². The van der Waals surface area contributed by atoms with Gasteiger partial charge in [-0.2, -0.15) is 0 Å². The molecule has 0 unspecified atom stereocenters. The van der Waals surface area contributed by atoms with Gasteiger partial charge in [-0.05, 0) is 6.07 Å². The van der Waals surface area contributed by atoms with Crippen LogP contribution < -0.4 is 15.5 Å². The van der Waals surface area contributed by atoms with Crippen molar-refractivity contribution in [3.05, 3.63) is 18.6 Å². The first-order valence-electron chi connectivity index (χ1n) is 6.53. The van der Waals surface area contributed by atoms with Crippen molar-refractivity contribution in [1.29, 1.82) is 0 Å². The van der Waals surface area contributed by atoms with Crippen LogP contribution in [0.5, 0.6) is 0 Å². The summed E-state index contributed by atoms with van der Waals surface area (Å²) in [6.07, 6.45) is -2.30. The molecular weight excluding hydrogens is 331 g/mol. The molecule has 23 heavy (non-hydrogen) atoms. The highest BCUT2D eigenvalue weighted by Gasteiger charge is 2.44. The van der Waals surface area contributed by atoms with Crippen LogP contribution >= 0.6 is 7.82 Å². The topological polar surface area (TPSA) is 179 Å². The smallest absolute Gasteiger partial charge is 0.164 e. The van der Waals surface area contributed by atoms with Gasteiger partial charge in [-0.15, -0.1) is 0 Å². The Bertz CT molecular complexity index is 762. The van der Waals surface area contributed by atoms with E-state index in [-0.39, 0.29) is 5.82 Å². The summed E-state index contributed by atoms with van der Waals surface area (Å²) in [7, 11) is -5.21. The van der Waals surface area contributed by atoms with Gasteiger partial charge in [0.05, 0.1) is 19.8 Å². The van der Waals surface area contributed by atoms with E-state index in [9.17, 15) is 24.6 Å². The van der Waals surface area contributed by atoms with Gasteiger partial charge in [0.25, 0.3) is 0 Å². The SMILES string of the molecule is Nc1ncnc2c1ccn2[C@@H]1O[C@H](COP(=O)([O-])[O-])[C@@H](O)[C@H]1O. The van der Waals surface area contributed by atoms with E-state index in [0.29, 0.717) is 11.0 Å². The van der Waals surface area contributed by atoms with Crippen LogP contribution in [-0.4, -0.2) is 49.7 Å². The number of hydrogen-bond acceptors (Lipinski definition) is 10. The van der Waals surface area contributed by atoms with E-state index in [2.05, 4.69) is 14.5 Å². The molecule has 4 N–H and O–H groups in total. The number of aliphatic hydroxyl groups is 2. The number of rotatable bonds is 4. The molecule has 1 aliphatic heterocycles. The highest BCUT2D eigenvalue weighted by Crippen LogP contribution is 2.34. The van der Waals surface area contributed by atoms with Gasteiger partial charge in [-0.25, -0.2) is 9.97 Å². The second-order valence-corrected chi connectivity index (χ2v) is 6.16. The van der Waals surface area contributed by atoms with Crippen LogP contribution in [0.4, 0.5) is 5.82 Å². The molecule has 0 aromatic carbocycles. The second-order valence-electron chi connectivity index (χ2n) is 5.01. The maximum atomic E-state index is 10.5. The molecule has 0 aliphatic carbocycles. The number of phosphoric acid groups is 1. The summed E-state index contributed by atoms with van der Waals surface area (Å²) in [5.41, 5.74) is 6.08. The number of nitrogen functional groups attached to an aromatic ring is 1. The number of ether oxygens (including phenoxy) is 1. The van der Waals surface area contributed by atoms with Crippen molar-refractivity contribution in [2.24, 2.45) is 0 Å². The fourth-order valence-corrected chi connectivity index (χ4v) is 2.79. The molecule has 2 aromatic heterocycles. The third kappa shape index (κ3) is 3.08.